The second-order valence-electron chi connectivity index (χ2n) is 3.46. The molecule has 1 aromatic rings. The first kappa shape index (κ1) is 10.1. The van der Waals surface area contributed by atoms with Crippen LogP contribution in [-0.2, 0) is 0 Å². The van der Waals surface area contributed by atoms with Crippen LogP contribution in [0.3, 0.4) is 0 Å². The van der Waals surface area contributed by atoms with Crippen molar-refractivity contribution in [3.05, 3.63) is 16.5 Å². The van der Waals surface area contributed by atoms with Gasteiger partial charge in [0.25, 0.3) is 0 Å². The zero-order valence-electron chi connectivity index (χ0n) is 8.06. The van der Waals surface area contributed by atoms with Crippen molar-refractivity contribution >= 4 is 24.0 Å². The van der Waals surface area contributed by atoms with E-state index in [0.29, 0.717) is 5.82 Å². The first-order valence-corrected chi connectivity index (χ1v) is 5.17. The summed E-state index contributed by atoms with van der Waals surface area (Å²) < 4.78 is 0.219. The van der Waals surface area contributed by atoms with Gasteiger partial charge in [-0.3, -0.25) is 0 Å². The van der Waals surface area contributed by atoms with Gasteiger partial charge in [0, 0.05) is 19.2 Å². The van der Waals surface area contributed by atoms with E-state index in [-0.39, 0.29) is 10.5 Å². The number of carbonyl (C=O) groups is 1. The number of aromatic carboxylic acids is 1. The lowest BCUT2D eigenvalue weighted by Gasteiger charge is -2.15. The second kappa shape index (κ2) is 3.98. The average Bonchev–Trinajstić information content (AvgIpc) is 2.69. The van der Waals surface area contributed by atoms with Gasteiger partial charge in [-0.15, -0.1) is 0 Å². The second-order valence-corrected chi connectivity index (χ2v) is 3.84. The fourth-order valence-corrected chi connectivity index (χ4v) is 1.87. The molecule has 0 amide bonds. The van der Waals surface area contributed by atoms with E-state index in [1.165, 1.54) is 6.07 Å². The Labute approximate surface area is 91.8 Å². The fourth-order valence-electron chi connectivity index (χ4n) is 1.67. The minimum absolute atomic E-state index is 0.0944. The molecule has 1 aliphatic rings. The predicted molar refractivity (Wildman–Crippen MR) is 57.8 cm³/mol. The number of nitrogens with zero attached hydrogens (tertiary/aromatic N) is 2. The van der Waals surface area contributed by atoms with Crippen molar-refractivity contribution in [3.8, 4) is 0 Å². The highest BCUT2D eigenvalue weighted by Crippen LogP contribution is 2.17. The summed E-state index contributed by atoms with van der Waals surface area (Å²) in [5, 5.41) is 8.85. The lowest BCUT2D eigenvalue weighted by Crippen LogP contribution is -2.20. The highest BCUT2D eigenvalue weighted by Gasteiger charge is 2.15. The van der Waals surface area contributed by atoms with Crippen LogP contribution in [0, 0.1) is 4.77 Å². The molecule has 0 saturated carbocycles. The number of aromatic nitrogens is 2. The monoisotopic (exact) mass is 225 g/mol. The van der Waals surface area contributed by atoms with Gasteiger partial charge in [0.15, 0.2) is 4.77 Å². The number of H-pyrrole nitrogens is 1. The van der Waals surface area contributed by atoms with Gasteiger partial charge in [-0.1, -0.05) is 0 Å². The zero-order valence-corrected chi connectivity index (χ0v) is 8.88. The van der Waals surface area contributed by atoms with Crippen LogP contribution in [0.25, 0.3) is 0 Å². The summed E-state index contributed by atoms with van der Waals surface area (Å²) in [5.74, 6) is -0.349. The van der Waals surface area contributed by atoms with Crippen molar-refractivity contribution in [2.45, 2.75) is 12.8 Å². The van der Waals surface area contributed by atoms with E-state index in [1.807, 2.05) is 0 Å². The number of carboxylic acids is 1. The minimum atomic E-state index is -1.01. The standard InChI is InChI=1S/C9H11N3O2S/c13-8(14)6-5-7(11-9(15)10-6)12-3-1-2-4-12/h5H,1-4H2,(H,13,14)(H,10,11,15). The number of carboxylic acid groups (broad SMARTS) is 1. The van der Waals surface area contributed by atoms with E-state index < -0.39 is 5.97 Å². The summed E-state index contributed by atoms with van der Waals surface area (Å²) in [6.45, 7) is 1.84. The number of anilines is 1. The zero-order chi connectivity index (χ0) is 10.8. The van der Waals surface area contributed by atoms with Crippen molar-refractivity contribution < 1.29 is 9.90 Å². The molecule has 15 heavy (non-hydrogen) atoms. The van der Waals surface area contributed by atoms with Crippen LogP contribution in [0.1, 0.15) is 23.3 Å². The molecule has 0 atom stereocenters. The number of hydrogen-bond acceptors (Lipinski definition) is 4. The molecule has 0 aliphatic carbocycles. The van der Waals surface area contributed by atoms with Gasteiger partial charge >= 0.3 is 5.97 Å². The Hall–Kier alpha value is -1.43. The molecular formula is C9H11N3O2S. The lowest BCUT2D eigenvalue weighted by molar-refractivity contribution is 0.0690. The van der Waals surface area contributed by atoms with Crippen molar-refractivity contribution in [2.75, 3.05) is 18.0 Å². The van der Waals surface area contributed by atoms with Crippen molar-refractivity contribution in [2.24, 2.45) is 0 Å². The van der Waals surface area contributed by atoms with Crippen molar-refractivity contribution in [1.82, 2.24) is 9.97 Å². The summed E-state index contributed by atoms with van der Waals surface area (Å²) in [4.78, 5) is 19.5. The first-order valence-electron chi connectivity index (χ1n) is 4.76. The summed E-state index contributed by atoms with van der Waals surface area (Å²) in [6.07, 6.45) is 2.24. The maximum atomic E-state index is 10.8. The largest absolute Gasteiger partial charge is 0.477 e. The number of aromatic amines is 1. The van der Waals surface area contributed by atoms with Gasteiger partial charge in [-0.2, -0.15) is 0 Å². The molecular weight excluding hydrogens is 214 g/mol. The Balaban J connectivity index is 2.38. The number of nitrogens with one attached hydrogen (secondary N) is 1. The maximum absolute atomic E-state index is 10.8. The van der Waals surface area contributed by atoms with E-state index in [9.17, 15) is 4.79 Å². The third-order valence-electron chi connectivity index (χ3n) is 2.39. The van der Waals surface area contributed by atoms with Gasteiger partial charge in [0.1, 0.15) is 11.5 Å². The van der Waals surface area contributed by atoms with E-state index in [2.05, 4.69) is 14.9 Å². The van der Waals surface area contributed by atoms with E-state index in [0.717, 1.165) is 25.9 Å². The third-order valence-corrected chi connectivity index (χ3v) is 2.58. The Bertz CT molecular complexity index is 437. The molecule has 0 aromatic carbocycles. The lowest BCUT2D eigenvalue weighted by atomic mass is 10.4. The van der Waals surface area contributed by atoms with Crippen LogP contribution in [0.5, 0.6) is 0 Å². The number of rotatable bonds is 2. The molecule has 0 unspecified atom stereocenters. The SMILES string of the molecule is O=C(O)c1cc(N2CCCC2)nc(=S)[nH]1. The minimum Gasteiger partial charge on any atom is -0.477 e. The quantitative estimate of drug-likeness (QED) is 0.745. The van der Waals surface area contributed by atoms with Crippen LogP contribution < -0.4 is 4.90 Å². The molecule has 1 aromatic heterocycles. The summed E-state index contributed by atoms with van der Waals surface area (Å²) in [7, 11) is 0. The van der Waals surface area contributed by atoms with E-state index in [4.69, 9.17) is 17.3 Å². The summed E-state index contributed by atoms with van der Waals surface area (Å²) in [5.41, 5.74) is 0.0944. The molecule has 5 nitrogen and oxygen atoms in total. The molecule has 6 heteroatoms. The average molecular weight is 225 g/mol. The van der Waals surface area contributed by atoms with Gasteiger partial charge in [-0.05, 0) is 25.1 Å². The molecule has 2 heterocycles. The Morgan fingerprint density at radius 3 is 2.80 bits per heavy atom. The molecule has 0 spiro atoms. The fraction of sp³-hybridized carbons (Fsp3) is 0.444. The van der Waals surface area contributed by atoms with Crippen LogP contribution in [0.4, 0.5) is 5.82 Å². The van der Waals surface area contributed by atoms with Crippen LogP contribution in [0.2, 0.25) is 0 Å². The van der Waals surface area contributed by atoms with Crippen LogP contribution in [0.15, 0.2) is 6.07 Å². The molecule has 1 aliphatic heterocycles. The first-order chi connectivity index (χ1) is 7.16. The molecule has 0 radical (unpaired) electrons. The molecule has 2 N–H and O–H groups in total. The third kappa shape index (κ3) is 2.15. The highest BCUT2D eigenvalue weighted by molar-refractivity contribution is 7.71. The smallest absolute Gasteiger partial charge is 0.352 e. The van der Waals surface area contributed by atoms with E-state index in [1.54, 1.807) is 0 Å². The normalized spacial score (nSPS) is 15.6. The van der Waals surface area contributed by atoms with Crippen LogP contribution >= 0.6 is 12.2 Å². The highest BCUT2D eigenvalue weighted by atomic mass is 32.1. The molecule has 80 valence electrons. The van der Waals surface area contributed by atoms with Gasteiger partial charge in [0.05, 0.1) is 0 Å². The van der Waals surface area contributed by atoms with Crippen molar-refractivity contribution in [1.29, 1.82) is 0 Å². The van der Waals surface area contributed by atoms with Crippen molar-refractivity contribution in [3.63, 3.8) is 0 Å². The summed E-state index contributed by atoms with van der Waals surface area (Å²) in [6, 6.07) is 1.53. The molecule has 0 bridgehead atoms. The summed E-state index contributed by atoms with van der Waals surface area (Å²) >= 11 is 4.89. The maximum Gasteiger partial charge on any atom is 0.352 e. The van der Waals surface area contributed by atoms with Gasteiger partial charge in [-0.25, -0.2) is 9.78 Å². The predicted octanol–water partition coefficient (Wildman–Crippen LogP) is 1.44. The number of hydrogen-bond donors (Lipinski definition) is 2. The molecule has 1 fully saturated rings. The Morgan fingerprint density at radius 1 is 1.53 bits per heavy atom. The van der Waals surface area contributed by atoms with Gasteiger partial charge in [0.2, 0.25) is 0 Å². The Kier molecular flexibility index (Phi) is 2.68. The van der Waals surface area contributed by atoms with Gasteiger partial charge < -0.3 is 15.0 Å². The molecule has 1 saturated heterocycles. The van der Waals surface area contributed by atoms with Crippen LogP contribution in [-0.4, -0.2) is 34.1 Å². The molecule has 2 rings (SSSR count). The topological polar surface area (TPSA) is 69.2 Å². The van der Waals surface area contributed by atoms with E-state index >= 15 is 0 Å². The Morgan fingerprint density at radius 2 is 2.20 bits per heavy atom.